The molecule has 0 radical (unpaired) electrons. The van der Waals surface area contributed by atoms with Crippen molar-refractivity contribution in [3.63, 3.8) is 0 Å². The molecule has 2 aliphatic rings. The smallest absolute Gasteiger partial charge is 0.412 e. The number of fused-ring (bicyclic) bond motifs is 1. The number of nitrogens with one attached hydrogen (secondary N) is 1. The molecule has 23 heavy (non-hydrogen) atoms. The highest BCUT2D eigenvalue weighted by atomic mass is 16.6. The topological polar surface area (TPSA) is 64.6 Å². The molecule has 1 saturated carbocycles. The summed E-state index contributed by atoms with van der Waals surface area (Å²) in [5.74, 6) is 0.707. The number of carbonyl (C=O) groups is 2. The average molecular weight is 317 g/mol. The molecule has 1 amide bonds. The first-order valence-corrected chi connectivity index (χ1v) is 8.13. The number of carbonyl (C=O) groups excluding carboxylic acids is 2. The first-order chi connectivity index (χ1) is 10.8. The molecule has 1 spiro atoms. The van der Waals surface area contributed by atoms with E-state index in [1.807, 2.05) is 0 Å². The van der Waals surface area contributed by atoms with Crippen molar-refractivity contribution in [1.29, 1.82) is 0 Å². The molecule has 5 heteroatoms. The van der Waals surface area contributed by atoms with E-state index in [-0.39, 0.29) is 11.4 Å². The van der Waals surface area contributed by atoms with Crippen LogP contribution in [0.2, 0.25) is 0 Å². The Balaban J connectivity index is 1.77. The van der Waals surface area contributed by atoms with Crippen LogP contribution in [0.3, 0.4) is 0 Å². The molecular weight excluding hydrogens is 294 g/mol. The fourth-order valence-electron chi connectivity index (χ4n) is 3.29. The Morgan fingerprint density at radius 1 is 1.26 bits per heavy atom. The zero-order valence-corrected chi connectivity index (χ0v) is 13.9. The van der Waals surface area contributed by atoms with Crippen LogP contribution >= 0.6 is 0 Å². The van der Waals surface area contributed by atoms with Gasteiger partial charge in [-0.15, -0.1) is 0 Å². The van der Waals surface area contributed by atoms with Gasteiger partial charge in [0.25, 0.3) is 0 Å². The van der Waals surface area contributed by atoms with E-state index in [9.17, 15) is 9.59 Å². The summed E-state index contributed by atoms with van der Waals surface area (Å²) >= 11 is 0. The molecule has 0 aromatic heterocycles. The van der Waals surface area contributed by atoms with Crippen LogP contribution in [0.1, 0.15) is 63.2 Å². The van der Waals surface area contributed by atoms with Gasteiger partial charge in [0.1, 0.15) is 17.0 Å². The Morgan fingerprint density at radius 2 is 1.96 bits per heavy atom. The number of anilines is 1. The van der Waals surface area contributed by atoms with Gasteiger partial charge in [-0.05, 0) is 64.7 Å². The standard InChI is InChI=1S/C18H23NO4/c1-17(2,3)23-16(21)19-12-6-7-15-13(10-12)14(20)11-18(22-15)8-4-5-9-18/h6-7,10H,4-5,8-9,11H2,1-3H3,(H,19,21). The molecule has 0 atom stereocenters. The minimum Gasteiger partial charge on any atom is -0.486 e. The van der Waals surface area contributed by atoms with Crippen LogP contribution < -0.4 is 10.1 Å². The van der Waals surface area contributed by atoms with Crippen LogP contribution in [0.5, 0.6) is 5.75 Å². The van der Waals surface area contributed by atoms with Gasteiger partial charge in [0.15, 0.2) is 5.78 Å². The predicted octanol–water partition coefficient (Wildman–Crippen LogP) is 4.31. The van der Waals surface area contributed by atoms with Gasteiger partial charge in [0.05, 0.1) is 12.0 Å². The number of amides is 1. The molecule has 1 aromatic rings. The molecule has 1 aliphatic heterocycles. The average Bonchev–Trinajstić information content (AvgIpc) is 2.85. The third kappa shape index (κ3) is 3.49. The molecule has 1 aliphatic carbocycles. The lowest BCUT2D eigenvalue weighted by Crippen LogP contribution is -2.39. The molecule has 0 unspecified atom stereocenters. The molecule has 3 rings (SSSR count). The number of Topliss-reactive ketones (excluding diaryl/α,β-unsaturated/α-hetero) is 1. The van der Waals surface area contributed by atoms with Gasteiger partial charge in [0, 0.05) is 5.69 Å². The monoisotopic (exact) mass is 317 g/mol. The van der Waals surface area contributed by atoms with Crippen molar-refractivity contribution in [3.8, 4) is 5.75 Å². The fourth-order valence-corrected chi connectivity index (χ4v) is 3.29. The van der Waals surface area contributed by atoms with E-state index in [2.05, 4.69) is 5.32 Å². The largest absolute Gasteiger partial charge is 0.486 e. The fraction of sp³-hybridized carbons (Fsp3) is 0.556. The Labute approximate surface area is 136 Å². The Bertz CT molecular complexity index is 639. The van der Waals surface area contributed by atoms with Crippen LogP contribution in [-0.4, -0.2) is 23.1 Å². The van der Waals surface area contributed by atoms with Gasteiger partial charge in [0.2, 0.25) is 0 Å². The molecule has 1 heterocycles. The maximum atomic E-state index is 12.5. The van der Waals surface area contributed by atoms with Crippen LogP contribution in [-0.2, 0) is 4.74 Å². The number of ketones is 1. The third-order valence-corrected chi connectivity index (χ3v) is 4.25. The van der Waals surface area contributed by atoms with Crippen LogP contribution in [0.4, 0.5) is 10.5 Å². The van der Waals surface area contributed by atoms with Crippen molar-refractivity contribution in [2.24, 2.45) is 0 Å². The molecule has 1 N–H and O–H groups in total. The van der Waals surface area contributed by atoms with Crippen molar-refractivity contribution in [2.45, 2.75) is 64.1 Å². The van der Waals surface area contributed by atoms with Gasteiger partial charge in [-0.1, -0.05) is 0 Å². The zero-order valence-electron chi connectivity index (χ0n) is 13.9. The number of benzene rings is 1. The highest BCUT2D eigenvalue weighted by Crippen LogP contribution is 2.43. The maximum absolute atomic E-state index is 12.5. The molecule has 1 fully saturated rings. The maximum Gasteiger partial charge on any atom is 0.412 e. The highest BCUT2D eigenvalue weighted by Gasteiger charge is 2.42. The molecule has 5 nitrogen and oxygen atoms in total. The summed E-state index contributed by atoms with van der Waals surface area (Å²) in [5, 5.41) is 2.66. The van der Waals surface area contributed by atoms with E-state index in [0.717, 1.165) is 25.7 Å². The second kappa shape index (κ2) is 5.55. The highest BCUT2D eigenvalue weighted by molar-refractivity contribution is 6.02. The molecular formula is C18H23NO4. The van der Waals surface area contributed by atoms with E-state index < -0.39 is 11.7 Å². The van der Waals surface area contributed by atoms with Crippen LogP contribution in [0.15, 0.2) is 18.2 Å². The second-order valence-corrected chi connectivity index (χ2v) is 7.43. The number of ether oxygens (including phenoxy) is 2. The predicted molar refractivity (Wildman–Crippen MR) is 87.1 cm³/mol. The lowest BCUT2D eigenvalue weighted by atomic mass is 9.88. The van der Waals surface area contributed by atoms with Crippen molar-refractivity contribution in [3.05, 3.63) is 23.8 Å². The molecule has 124 valence electrons. The quantitative estimate of drug-likeness (QED) is 0.838. The van der Waals surface area contributed by atoms with Crippen molar-refractivity contribution >= 4 is 17.6 Å². The van der Waals surface area contributed by atoms with Gasteiger partial charge in [-0.3, -0.25) is 10.1 Å². The molecule has 0 saturated heterocycles. The molecule has 1 aromatic carbocycles. The minimum absolute atomic E-state index is 0.0842. The number of hydrogen-bond donors (Lipinski definition) is 1. The lowest BCUT2D eigenvalue weighted by Gasteiger charge is -2.34. The normalized spacial score (nSPS) is 19.2. The van der Waals surface area contributed by atoms with Crippen molar-refractivity contribution in [1.82, 2.24) is 0 Å². The first kappa shape index (κ1) is 15.8. The van der Waals surface area contributed by atoms with Gasteiger partial charge < -0.3 is 9.47 Å². The van der Waals surface area contributed by atoms with Crippen molar-refractivity contribution < 1.29 is 19.1 Å². The SMILES string of the molecule is CC(C)(C)OC(=O)Nc1ccc2c(c1)C(=O)CC1(CCCC1)O2. The Hall–Kier alpha value is -2.04. The summed E-state index contributed by atoms with van der Waals surface area (Å²) in [7, 11) is 0. The van der Waals surface area contributed by atoms with Crippen LogP contribution in [0.25, 0.3) is 0 Å². The Morgan fingerprint density at radius 3 is 2.61 bits per heavy atom. The van der Waals surface area contributed by atoms with E-state index in [1.165, 1.54) is 0 Å². The second-order valence-electron chi connectivity index (χ2n) is 7.43. The minimum atomic E-state index is -0.563. The summed E-state index contributed by atoms with van der Waals surface area (Å²) in [6, 6.07) is 5.17. The van der Waals surface area contributed by atoms with Crippen LogP contribution in [0, 0.1) is 0 Å². The summed E-state index contributed by atoms with van der Waals surface area (Å²) in [5.41, 5.74) is 0.212. The number of hydrogen-bond acceptors (Lipinski definition) is 4. The first-order valence-electron chi connectivity index (χ1n) is 8.13. The van der Waals surface area contributed by atoms with Gasteiger partial charge in [-0.2, -0.15) is 0 Å². The third-order valence-electron chi connectivity index (χ3n) is 4.25. The summed E-state index contributed by atoms with van der Waals surface area (Å²) in [6.07, 6.45) is 4.00. The van der Waals surface area contributed by atoms with E-state index in [1.54, 1.807) is 39.0 Å². The van der Waals surface area contributed by atoms with Gasteiger partial charge >= 0.3 is 6.09 Å². The van der Waals surface area contributed by atoms with Crippen molar-refractivity contribution in [2.75, 3.05) is 5.32 Å². The summed E-state index contributed by atoms with van der Waals surface area (Å²) < 4.78 is 11.3. The zero-order chi connectivity index (χ0) is 16.7. The lowest BCUT2D eigenvalue weighted by molar-refractivity contribution is 0.0449. The number of rotatable bonds is 1. The van der Waals surface area contributed by atoms with E-state index in [4.69, 9.17) is 9.47 Å². The summed E-state index contributed by atoms with van der Waals surface area (Å²) in [6.45, 7) is 5.41. The van der Waals surface area contributed by atoms with E-state index in [0.29, 0.717) is 23.4 Å². The summed E-state index contributed by atoms with van der Waals surface area (Å²) in [4.78, 5) is 24.3. The molecule has 0 bridgehead atoms. The van der Waals surface area contributed by atoms with Gasteiger partial charge in [-0.25, -0.2) is 4.79 Å². The Kier molecular flexibility index (Phi) is 3.82. The van der Waals surface area contributed by atoms with E-state index >= 15 is 0 Å².